The lowest BCUT2D eigenvalue weighted by molar-refractivity contribution is -0.137. The van der Waals surface area contributed by atoms with Gasteiger partial charge in [-0.3, -0.25) is 9.59 Å². The van der Waals surface area contributed by atoms with Crippen molar-refractivity contribution in [3.63, 3.8) is 0 Å². The van der Waals surface area contributed by atoms with Gasteiger partial charge < -0.3 is 30.6 Å². The van der Waals surface area contributed by atoms with Gasteiger partial charge in [-0.15, -0.1) is 11.8 Å². The Hall–Kier alpha value is -4.75. The quantitative estimate of drug-likeness (QED) is 0.128. The predicted octanol–water partition coefficient (Wildman–Crippen LogP) is 6.87. The summed E-state index contributed by atoms with van der Waals surface area (Å²) in [6, 6.07) is 20.9. The van der Waals surface area contributed by atoms with E-state index in [1.165, 1.54) is 11.0 Å². The van der Waals surface area contributed by atoms with Crippen molar-refractivity contribution in [1.29, 1.82) is 0 Å². The van der Waals surface area contributed by atoms with Crippen LogP contribution in [0.25, 0.3) is 11.1 Å². The molecule has 0 spiro atoms. The van der Waals surface area contributed by atoms with Crippen molar-refractivity contribution in [2.24, 2.45) is 0 Å². The van der Waals surface area contributed by atoms with E-state index in [0.29, 0.717) is 36.0 Å². The maximum atomic E-state index is 14.1. The molecule has 0 saturated carbocycles. The summed E-state index contributed by atoms with van der Waals surface area (Å²) in [4.78, 5) is 41.1. The number of nitrogens with one attached hydrogen (secondary N) is 4. The van der Waals surface area contributed by atoms with Gasteiger partial charge in [0.2, 0.25) is 5.91 Å². The van der Waals surface area contributed by atoms with Gasteiger partial charge in [-0.25, -0.2) is 4.79 Å². The number of fused-ring (bicyclic) bond motifs is 1. The average Bonchev–Trinajstić information content (AvgIpc) is 3.57. The molecule has 0 radical (unpaired) electrons. The van der Waals surface area contributed by atoms with Crippen LogP contribution in [0.2, 0.25) is 0 Å². The van der Waals surface area contributed by atoms with Crippen molar-refractivity contribution in [1.82, 2.24) is 21.3 Å². The predicted molar refractivity (Wildman–Crippen MR) is 187 cm³/mol. The second-order valence-corrected chi connectivity index (χ2v) is 13.7. The van der Waals surface area contributed by atoms with Gasteiger partial charge in [0.1, 0.15) is 11.8 Å². The third-order valence-electron chi connectivity index (χ3n) is 8.21. The number of halogens is 3. The Morgan fingerprint density at radius 3 is 2.42 bits per heavy atom. The monoisotopic (exact) mass is 707 g/mol. The van der Waals surface area contributed by atoms with Crippen LogP contribution in [0.5, 0.6) is 0 Å². The summed E-state index contributed by atoms with van der Waals surface area (Å²) in [5.74, 6) is -0.00875. The van der Waals surface area contributed by atoms with Gasteiger partial charge in [-0.05, 0) is 73.4 Å². The molecule has 1 aromatic heterocycles. The third-order valence-corrected chi connectivity index (χ3v) is 9.34. The first-order chi connectivity index (χ1) is 23.8. The third kappa shape index (κ3) is 9.48. The summed E-state index contributed by atoms with van der Waals surface area (Å²) in [5, 5.41) is 11.7. The fourth-order valence-corrected chi connectivity index (χ4v) is 6.73. The second kappa shape index (κ2) is 15.9. The van der Waals surface area contributed by atoms with Crippen LogP contribution in [0.4, 0.5) is 23.7 Å². The molecule has 0 saturated heterocycles. The molecule has 0 bridgehead atoms. The van der Waals surface area contributed by atoms with E-state index in [-0.39, 0.29) is 30.7 Å². The Balaban J connectivity index is 1.35. The normalized spacial score (nSPS) is 14.9. The van der Waals surface area contributed by atoms with Crippen molar-refractivity contribution in [2.75, 3.05) is 17.2 Å². The van der Waals surface area contributed by atoms with Gasteiger partial charge in [0.05, 0.1) is 30.6 Å². The molecule has 50 heavy (non-hydrogen) atoms. The van der Waals surface area contributed by atoms with Crippen molar-refractivity contribution >= 4 is 35.3 Å². The topological polar surface area (TPSA) is 116 Å². The van der Waals surface area contributed by atoms with E-state index < -0.39 is 29.2 Å². The van der Waals surface area contributed by atoms with E-state index in [2.05, 4.69) is 21.3 Å². The Kier molecular flexibility index (Phi) is 11.6. The van der Waals surface area contributed by atoms with Gasteiger partial charge >= 0.3 is 12.2 Å². The number of carbonyl (C=O) groups excluding carboxylic acids is 3. The van der Waals surface area contributed by atoms with Crippen LogP contribution in [0, 0.1) is 0 Å². The highest BCUT2D eigenvalue weighted by molar-refractivity contribution is 7.99. The lowest BCUT2D eigenvalue weighted by Gasteiger charge is -2.28. The summed E-state index contributed by atoms with van der Waals surface area (Å²) >= 11 is 1.11. The highest BCUT2D eigenvalue weighted by Crippen LogP contribution is 2.40. The summed E-state index contributed by atoms with van der Waals surface area (Å²) in [6.07, 6.45) is -2.94. The molecule has 4 aromatic rings. The van der Waals surface area contributed by atoms with Gasteiger partial charge in [-0.2, -0.15) is 13.2 Å². The molecule has 1 aliphatic heterocycles. The first kappa shape index (κ1) is 36.5. The first-order valence-electron chi connectivity index (χ1n) is 16.2. The van der Waals surface area contributed by atoms with Gasteiger partial charge in [0.15, 0.2) is 0 Å². The van der Waals surface area contributed by atoms with Gasteiger partial charge in [0, 0.05) is 35.7 Å². The van der Waals surface area contributed by atoms with Crippen LogP contribution in [-0.4, -0.2) is 41.7 Å². The minimum Gasteiger partial charge on any atom is -0.468 e. The Morgan fingerprint density at radius 1 is 0.960 bits per heavy atom. The largest absolute Gasteiger partial charge is 0.468 e. The number of nitrogens with zero attached hydrogens (tertiary/aromatic N) is 1. The van der Waals surface area contributed by atoms with Crippen molar-refractivity contribution in [2.45, 2.75) is 69.5 Å². The molecule has 0 fully saturated rings. The summed E-state index contributed by atoms with van der Waals surface area (Å²) in [6.45, 7) is 6.88. The van der Waals surface area contributed by atoms with Crippen LogP contribution in [0.3, 0.4) is 0 Å². The molecule has 264 valence electrons. The van der Waals surface area contributed by atoms with Crippen LogP contribution < -0.4 is 26.2 Å². The number of urea groups is 1. The zero-order chi connectivity index (χ0) is 35.9. The van der Waals surface area contributed by atoms with Crippen molar-refractivity contribution in [3.05, 3.63) is 108 Å². The molecule has 0 unspecified atom stereocenters. The second-order valence-electron chi connectivity index (χ2n) is 12.6. The van der Waals surface area contributed by atoms with Crippen LogP contribution in [0.1, 0.15) is 49.6 Å². The Labute approximate surface area is 293 Å². The van der Waals surface area contributed by atoms with Gasteiger partial charge in [-0.1, -0.05) is 48.5 Å². The van der Waals surface area contributed by atoms with Crippen molar-refractivity contribution in [3.8, 4) is 11.1 Å². The smallest absolute Gasteiger partial charge is 0.416 e. The highest BCUT2D eigenvalue weighted by Gasteiger charge is 2.36. The van der Waals surface area contributed by atoms with E-state index in [9.17, 15) is 27.6 Å². The molecule has 3 aromatic carbocycles. The number of amides is 4. The van der Waals surface area contributed by atoms with Crippen molar-refractivity contribution < 1.29 is 32.0 Å². The number of anilines is 1. The minimum atomic E-state index is -4.56. The number of rotatable bonds is 12. The van der Waals surface area contributed by atoms with Crippen LogP contribution >= 0.6 is 11.8 Å². The highest BCUT2D eigenvalue weighted by atomic mass is 32.2. The standard InChI is InChI=1S/C37H40F3N5O4S/c1-4-41-35(48)42-20-26-8-5-6-10-29(26)25-13-11-24(12-14-25)22-45-31-16-15-27(37(38,39)40)18-32(31)50-23-30(34(45)47)44-33(46)19-36(2,3)43-21-28-9-7-17-49-28/h5-18,30,43H,4,19-23H2,1-3H3,(H,44,46)(H2,41,42,48)/t30-/m1/s1. The van der Waals surface area contributed by atoms with E-state index >= 15 is 0 Å². The molecule has 0 aliphatic carbocycles. The number of hydrogen-bond acceptors (Lipinski definition) is 6. The average molecular weight is 708 g/mol. The fraction of sp³-hybridized carbons (Fsp3) is 0.324. The number of hydrogen-bond donors (Lipinski definition) is 4. The molecule has 1 atom stereocenters. The molecular formula is C37H40F3N5O4S. The lowest BCUT2D eigenvalue weighted by Crippen LogP contribution is -2.51. The van der Waals surface area contributed by atoms with E-state index in [0.717, 1.165) is 46.1 Å². The van der Waals surface area contributed by atoms with Crippen LogP contribution in [0.15, 0.2) is 94.4 Å². The van der Waals surface area contributed by atoms with Gasteiger partial charge in [0.25, 0.3) is 5.91 Å². The Bertz CT molecular complexity index is 1800. The lowest BCUT2D eigenvalue weighted by atomic mass is 9.98. The molecule has 2 heterocycles. The molecule has 5 rings (SSSR count). The molecule has 4 N–H and O–H groups in total. The molecule has 13 heteroatoms. The Morgan fingerprint density at radius 2 is 1.72 bits per heavy atom. The number of benzene rings is 3. The zero-order valence-electron chi connectivity index (χ0n) is 28.0. The number of carbonyl (C=O) groups is 3. The minimum absolute atomic E-state index is 0.0507. The molecule has 1 aliphatic rings. The number of alkyl halides is 3. The maximum absolute atomic E-state index is 14.1. The van der Waals surface area contributed by atoms with E-state index in [1.54, 1.807) is 12.3 Å². The SMILES string of the molecule is CCNC(=O)NCc1ccccc1-c1ccc(CN2C(=O)[C@H](NC(=O)CC(C)(C)NCc3ccco3)CSc3cc(C(F)(F)F)ccc32)cc1. The first-order valence-corrected chi connectivity index (χ1v) is 17.2. The molecular weight excluding hydrogens is 667 g/mol. The molecule has 9 nitrogen and oxygen atoms in total. The molecule has 4 amide bonds. The number of furan rings is 1. The number of thioether (sulfide) groups is 1. The fourth-order valence-electron chi connectivity index (χ4n) is 5.62. The maximum Gasteiger partial charge on any atom is 0.416 e. The summed E-state index contributed by atoms with van der Waals surface area (Å²) in [7, 11) is 0. The van der Waals surface area contributed by atoms with Crippen LogP contribution in [-0.2, 0) is 35.4 Å². The van der Waals surface area contributed by atoms with E-state index in [1.807, 2.05) is 75.4 Å². The van der Waals surface area contributed by atoms with E-state index in [4.69, 9.17) is 4.42 Å². The summed E-state index contributed by atoms with van der Waals surface area (Å²) < 4.78 is 46.4. The zero-order valence-corrected chi connectivity index (χ0v) is 28.8. The summed E-state index contributed by atoms with van der Waals surface area (Å²) in [5.41, 5.74) is 2.37.